The third kappa shape index (κ3) is 4.15. The van der Waals surface area contributed by atoms with E-state index in [0.29, 0.717) is 17.2 Å². The van der Waals surface area contributed by atoms with Crippen LogP contribution < -0.4 is 4.74 Å². The van der Waals surface area contributed by atoms with E-state index in [0.717, 1.165) is 38.3 Å². The molecule has 5 rings (SSSR count). The molecule has 0 aliphatic rings. The minimum Gasteiger partial charge on any atom is -0.497 e. The second-order valence-corrected chi connectivity index (χ2v) is 7.78. The minimum absolute atomic E-state index is 0.559. The number of fused-ring (bicyclic) bond motifs is 1. The smallest absolute Gasteiger partial charge is 0.227 e. The van der Waals surface area contributed by atoms with Gasteiger partial charge in [0.1, 0.15) is 22.8 Å². The van der Waals surface area contributed by atoms with Gasteiger partial charge in [0.15, 0.2) is 5.58 Å². The largest absolute Gasteiger partial charge is 0.497 e. The molecule has 6 heteroatoms. The second kappa shape index (κ2) is 8.24. The van der Waals surface area contributed by atoms with Gasteiger partial charge in [-0.3, -0.25) is 4.99 Å². The molecule has 0 aliphatic heterocycles. The van der Waals surface area contributed by atoms with Gasteiger partial charge in [0.25, 0.3) is 0 Å². The Morgan fingerprint density at radius 1 is 0.871 bits per heavy atom. The molecule has 0 aliphatic carbocycles. The number of methoxy groups -OCH3 is 1. The normalized spacial score (nSPS) is 11.4. The van der Waals surface area contributed by atoms with Gasteiger partial charge in [0.05, 0.1) is 19.0 Å². The number of halogens is 1. The Morgan fingerprint density at radius 3 is 2.42 bits per heavy atom. The first-order valence-electron chi connectivity index (χ1n) is 9.63. The Kier molecular flexibility index (Phi) is 5.14. The monoisotopic (exact) mass is 472 g/mol. The molecule has 2 aromatic heterocycles. The van der Waals surface area contributed by atoms with Crippen molar-refractivity contribution in [2.75, 3.05) is 7.11 Å². The Morgan fingerprint density at radius 2 is 1.65 bits per heavy atom. The average molecular weight is 473 g/mol. The third-order valence-electron chi connectivity index (χ3n) is 4.80. The zero-order valence-electron chi connectivity index (χ0n) is 16.6. The van der Waals surface area contributed by atoms with Gasteiger partial charge in [-0.1, -0.05) is 28.1 Å². The number of nitrogens with zero attached hydrogens (tertiary/aromatic N) is 2. The number of aliphatic imine (C=N–C) groups is 1. The van der Waals surface area contributed by atoms with Crippen molar-refractivity contribution in [2.24, 2.45) is 4.99 Å². The van der Waals surface area contributed by atoms with E-state index in [1.807, 2.05) is 78.9 Å². The van der Waals surface area contributed by atoms with E-state index in [4.69, 9.17) is 13.6 Å². The predicted octanol–water partition coefficient (Wildman–Crippen LogP) is 7.28. The van der Waals surface area contributed by atoms with Crippen LogP contribution in [0.5, 0.6) is 5.75 Å². The highest BCUT2D eigenvalue weighted by Crippen LogP contribution is 2.28. The minimum atomic E-state index is 0.559. The maximum atomic E-state index is 5.89. The number of hydrogen-bond acceptors (Lipinski definition) is 5. The maximum Gasteiger partial charge on any atom is 0.227 e. The lowest BCUT2D eigenvalue weighted by Gasteiger charge is -1.99. The van der Waals surface area contributed by atoms with Gasteiger partial charge in [-0.2, -0.15) is 0 Å². The molecule has 0 amide bonds. The second-order valence-electron chi connectivity index (χ2n) is 6.87. The van der Waals surface area contributed by atoms with Crippen molar-refractivity contribution < 1.29 is 13.6 Å². The molecule has 5 aromatic rings. The summed E-state index contributed by atoms with van der Waals surface area (Å²) in [6, 6.07) is 25.1. The van der Waals surface area contributed by atoms with Crippen molar-refractivity contribution in [1.29, 1.82) is 0 Å². The fourth-order valence-electron chi connectivity index (χ4n) is 3.18. The van der Waals surface area contributed by atoms with Crippen molar-refractivity contribution in [1.82, 2.24) is 4.98 Å². The van der Waals surface area contributed by atoms with Crippen molar-refractivity contribution in [2.45, 2.75) is 0 Å². The molecule has 0 saturated carbocycles. The fourth-order valence-corrected chi connectivity index (χ4v) is 3.45. The molecule has 0 radical (unpaired) electrons. The van der Waals surface area contributed by atoms with Gasteiger partial charge in [0.2, 0.25) is 5.89 Å². The topological polar surface area (TPSA) is 60.8 Å². The summed E-state index contributed by atoms with van der Waals surface area (Å²) in [5, 5.41) is 0. The summed E-state index contributed by atoms with van der Waals surface area (Å²) < 4.78 is 18.0. The average Bonchev–Trinajstić information content (AvgIpc) is 3.45. The highest BCUT2D eigenvalue weighted by Gasteiger charge is 2.09. The van der Waals surface area contributed by atoms with Gasteiger partial charge in [-0.05, 0) is 66.7 Å². The van der Waals surface area contributed by atoms with Crippen LogP contribution in [0.2, 0.25) is 0 Å². The molecule has 152 valence electrons. The number of benzene rings is 3. The van der Waals surface area contributed by atoms with Gasteiger partial charge in [-0.15, -0.1) is 0 Å². The van der Waals surface area contributed by atoms with E-state index in [2.05, 4.69) is 25.9 Å². The summed E-state index contributed by atoms with van der Waals surface area (Å²) in [7, 11) is 1.64. The summed E-state index contributed by atoms with van der Waals surface area (Å²) in [5.74, 6) is 2.82. The van der Waals surface area contributed by atoms with Crippen LogP contribution in [0.4, 0.5) is 5.69 Å². The number of oxazole rings is 1. The van der Waals surface area contributed by atoms with Gasteiger partial charge >= 0.3 is 0 Å². The molecule has 0 saturated heterocycles. The molecular weight excluding hydrogens is 456 g/mol. The summed E-state index contributed by atoms with van der Waals surface area (Å²) in [6.07, 6.45) is 1.70. The number of furan rings is 1. The molecule has 0 bridgehead atoms. The maximum absolute atomic E-state index is 5.89. The first-order chi connectivity index (χ1) is 15.2. The Bertz CT molecular complexity index is 1370. The number of aromatic nitrogens is 1. The van der Waals surface area contributed by atoms with Crippen LogP contribution in [0, 0.1) is 0 Å². The molecule has 0 N–H and O–H groups in total. The van der Waals surface area contributed by atoms with Crippen LogP contribution in [0.15, 0.2) is 97.2 Å². The van der Waals surface area contributed by atoms with Crippen LogP contribution in [0.1, 0.15) is 5.76 Å². The third-order valence-corrected chi connectivity index (χ3v) is 5.33. The molecule has 3 aromatic carbocycles. The van der Waals surface area contributed by atoms with E-state index in [1.54, 1.807) is 13.3 Å². The zero-order valence-corrected chi connectivity index (χ0v) is 18.2. The summed E-state index contributed by atoms with van der Waals surface area (Å²) >= 11 is 3.44. The first kappa shape index (κ1) is 19.3. The van der Waals surface area contributed by atoms with E-state index >= 15 is 0 Å². The number of ether oxygens (including phenoxy) is 1. The Hall–Kier alpha value is -3.64. The number of rotatable bonds is 5. The molecule has 31 heavy (non-hydrogen) atoms. The summed E-state index contributed by atoms with van der Waals surface area (Å²) in [6.45, 7) is 0. The van der Waals surface area contributed by atoms with E-state index in [9.17, 15) is 0 Å². The molecule has 0 atom stereocenters. The molecule has 0 unspecified atom stereocenters. The van der Waals surface area contributed by atoms with Crippen LogP contribution >= 0.6 is 15.9 Å². The summed E-state index contributed by atoms with van der Waals surface area (Å²) in [4.78, 5) is 9.12. The highest BCUT2D eigenvalue weighted by atomic mass is 79.9. The first-order valence-corrected chi connectivity index (χ1v) is 10.4. The van der Waals surface area contributed by atoms with Crippen LogP contribution in [0.25, 0.3) is 33.9 Å². The van der Waals surface area contributed by atoms with Crippen molar-refractivity contribution >= 4 is 38.9 Å². The van der Waals surface area contributed by atoms with E-state index in [-0.39, 0.29) is 0 Å². The van der Waals surface area contributed by atoms with Gasteiger partial charge < -0.3 is 13.6 Å². The molecule has 0 spiro atoms. The lowest BCUT2D eigenvalue weighted by Crippen LogP contribution is -1.82. The standard InChI is InChI=1S/C25H17BrN2O3/c1-29-20-9-4-17(5-10-20)25-28-22-14-19(8-12-24(22)31-25)27-15-21-11-13-23(30-21)16-2-6-18(26)7-3-16/h2-15H,1H3. The van der Waals surface area contributed by atoms with E-state index in [1.165, 1.54) is 0 Å². The van der Waals surface area contributed by atoms with Crippen molar-refractivity contribution in [3.05, 3.63) is 89.1 Å². The van der Waals surface area contributed by atoms with Gasteiger partial charge in [0, 0.05) is 15.6 Å². The fraction of sp³-hybridized carbons (Fsp3) is 0.0400. The Labute approximate surface area is 187 Å². The van der Waals surface area contributed by atoms with Crippen molar-refractivity contribution in [3.8, 4) is 28.5 Å². The van der Waals surface area contributed by atoms with Crippen LogP contribution in [-0.2, 0) is 0 Å². The molecule has 0 fully saturated rings. The zero-order chi connectivity index (χ0) is 21.2. The van der Waals surface area contributed by atoms with Crippen LogP contribution in [-0.4, -0.2) is 18.3 Å². The molecule has 2 heterocycles. The lowest BCUT2D eigenvalue weighted by molar-refractivity contribution is 0.415. The lowest BCUT2D eigenvalue weighted by atomic mass is 10.2. The van der Waals surface area contributed by atoms with Crippen molar-refractivity contribution in [3.63, 3.8) is 0 Å². The highest BCUT2D eigenvalue weighted by molar-refractivity contribution is 9.10. The predicted molar refractivity (Wildman–Crippen MR) is 125 cm³/mol. The van der Waals surface area contributed by atoms with Crippen LogP contribution in [0.3, 0.4) is 0 Å². The number of hydrogen-bond donors (Lipinski definition) is 0. The van der Waals surface area contributed by atoms with E-state index < -0.39 is 0 Å². The molecule has 5 nitrogen and oxygen atoms in total. The molecular formula is C25H17BrN2O3. The summed E-state index contributed by atoms with van der Waals surface area (Å²) in [5.41, 5.74) is 4.12. The quantitative estimate of drug-likeness (QED) is 0.252. The SMILES string of the molecule is COc1ccc(-c2nc3cc(N=Cc4ccc(-c5ccc(Br)cc5)o4)ccc3o2)cc1. The Balaban J connectivity index is 1.37. The van der Waals surface area contributed by atoms with Gasteiger partial charge in [-0.25, -0.2) is 4.98 Å².